The van der Waals surface area contributed by atoms with E-state index in [1.54, 1.807) is 123 Å². The molecule has 4 aromatic heterocycles. The van der Waals surface area contributed by atoms with Gasteiger partial charge in [-0.3, -0.25) is 9.59 Å². The second-order valence-electron chi connectivity index (χ2n) is 27.0. The maximum atomic E-state index is 13.6. The van der Waals surface area contributed by atoms with Gasteiger partial charge in [-0.25, -0.2) is 54.3 Å². The van der Waals surface area contributed by atoms with E-state index in [1.807, 2.05) is 51.1 Å². The van der Waals surface area contributed by atoms with Gasteiger partial charge in [0, 0.05) is 84.6 Å². The summed E-state index contributed by atoms with van der Waals surface area (Å²) in [7, 11) is -7.69. The number of anilines is 2. The van der Waals surface area contributed by atoms with Crippen molar-refractivity contribution in [3.05, 3.63) is 144 Å². The predicted octanol–water partition coefficient (Wildman–Crippen LogP) is 14.6. The summed E-state index contributed by atoms with van der Waals surface area (Å²) in [6, 6.07) is 31.5. The van der Waals surface area contributed by atoms with Crippen molar-refractivity contribution in [1.82, 2.24) is 43.0 Å². The first-order valence-corrected chi connectivity index (χ1v) is 36.4. The number of nitrogens with two attached hydrogens (primary N) is 1. The number of benzene rings is 4. The number of ether oxygens (including phenoxy) is 2. The SMILES string of the molecule is C.C.CC(C)(C)OC(=O)N1CCC[C@@H](C(=O)NC2CCC[C@@H](Nc3ncc(Cl)c(-c4cn(S(=O)(=O)c5ccccc5)c5ccccc45)n3)C2)C1.CC(C)(C)OC(=O)N1CCC[C@@H](C(=O)O)C1.Cl.N[C@H]1CCC[C@@H](Nc2ncc(Cl)c(-c3cn(S(=O)(=O)c4ccccc4)c4ccccc34)n2)C1. The van der Waals surface area contributed by atoms with E-state index >= 15 is 0 Å². The summed E-state index contributed by atoms with van der Waals surface area (Å²) in [5.74, 6) is -0.796. The molecule has 0 bridgehead atoms. The van der Waals surface area contributed by atoms with Crippen LogP contribution in [0.1, 0.15) is 133 Å². The normalized spacial score (nSPS) is 19.5. The molecule has 2 aliphatic heterocycles. The molecule has 2 aliphatic carbocycles. The maximum absolute atomic E-state index is 13.6. The summed E-state index contributed by atoms with van der Waals surface area (Å²) < 4.78 is 67.4. The van der Waals surface area contributed by atoms with E-state index in [4.69, 9.17) is 48.5 Å². The number of likely N-dealkylation sites (tertiary alicyclic amines) is 2. The van der Waals surface area contributed by atoms with Crippen molar-refractivity contribution in [2.45, 2.75) is 179 Å². The lowest BCUT2D eigenvalue weighted by Gasteiger charge is -2.35. The van der Waals surface area contributed by atoms with Crippen molar-refractivity contribution in [2.24, 2.45) is 17.6 Å². The molecular formula is C72H93Cl3N12O11S2. The average molecular weight is 1470 g/mol. The van der Waals surface area contributed by atoms with Crippen molar-refractivity contribution in [3.63, 3.8) is 0 Å². The van der Waals surface area contributed by atoms with Crippen LogP contribution < -0.4 is 21.7 Å². The number of carbonyl (C=O) groups excluding carboxylic acids is 3. The minimum atomic E-state index is -3.88. The number of carboxylic acids is 1. The van der Waals surface area contributed by atoms with E-state index < -0.39 is 49.2 Å². The molecule has 8 aromatic rings. The van der Waals surface area contributed by atoms with Gasteiger partial charge >= 0.3 is 18.2 Å². The van der Waals surface area contributed by atoms with Gasteiger partial charge in [0.15, 0.2) is 0 Å². The Hall–Kier alpha value is -8.07. The molecule has 6 atom stereocenters. The number of aromatic nitrogens is 6. The van der Waals surface area contributed by atoms with Crippen LogP contribution in [0.5, 0.6) is 0 Å². The van der Waals surface area contributed by atoms with Crippen LogP contribution in [0.25, 0.3) is 44.3 Å². The van der Waals surface area contributed by atoms with Crippen LogP contribution in [0.3, 0.4) is 0 Å². The van der Waals surface area contributed by atoms with Crippen LogP contribution in [0, 0.1) is 11.8 Å². The number of hydrogen-bond donors (Lipinski definition) is 5. The number of piperidine rings is 2. The molecule has 12 rings (SSSR count). The Morgan fingerprint density at radius 3 is 1.39 bits per heavy atom. The zero-order valence-electron chi connectivity index (χ0n) is 55.6. The summed E-state index contributed by atoms with van der Waals surface area (Å²) in [5.41, 5.74) is 8.15. The third-order valence-electron chi connectivity index (χ3n) is 17.2. The number of nitrogens with one attached hydrogen (secondary N) is 3. The third kappa shape index (κ3) is 19.7. The van der Waals surface area contributed by atoms with E-state index in [2.05, 4.69) is 30.9 Å². The van der Waals surface area contributed by atoms with Gasteiger partial charge in [-0.1, -0.05) is 111 Å². The molecule has 6 heterocycles. The number of carboxylic acid groups (broad SMARTS) is 1. The highest BCUT2D eigenvalue weighted by atomic mass is 35.5. The number of amides is 3. The minimum absolute atomic E-state index is 0. The lowest BCUT2D eigenvalue weighted by Crippen LogP contribution is -2.50. The van der Waals surface area contributed by atoms with Crippen LogP contribution >= 0.6 is 35.6 Å². The Kier molecular flexibility index (Phi) is 27.0. The smallest absolute Gasteiger partial charge is 0.410 e. The van der Waals surface area contributed by atoms with Gasteiger partial charge in [-0.2, -0.15) is 0 Å². The second-order valence-corrected chi connectivity index (χ2v) is 31.4. The van der Waals surface area contributed by atoms with Crippen molar-refractivity contribution in [3.8, 4) is 22.5 Å². The van der Waals surface area contributed by atoms with Crippen molar-refractivity contribution in [1.29, 1.82) is 0 Å². The highest BCUT2D eigenvalue weighted by molar-refractivity contribution is 7.90. The van der Waals surface area contributed by atoms with E-state index in [0.29, 0.717) is 93.4 Å². The van der Waals surface area contributed by atoms with Gasteiger partial charge in [-0.15, -0.1) is 12.4 Å². The van der Waals surface area contributed by atoms with Gasteiger partial charge < -0.3 is 46.1 Å². The molecule has 540 valence electrons. The maximum Gasteiger partial charge on any atom is 0.410 e. The van der Waals surface area contributed by atoms with Gasteiger partial charge in [0.25, 0.3) is 20.0 Å². The van der Waals surface area contributed by atoms with Crippen molar-refractivity contribution < 1.29 is 50.6 Å². The fourth-order valence-corrected chi connectivity index (χ4v) is 15.8. The van der Waals surface area contributed by atoms with E-state index in [0.717, 1.165) is 69.6 Å². The first-order chi connectivity index (χ1) is 46.1. The third-order valence-corrected chi connectivity index (χ3v) is 21.2. The highest BCUT2D eigenvalue weighted by Crippen LogP contribution is 2.39. The predicted molar refractivity (Wildman–Crippen MR) is 395 cm³/mol. The van der Waals surface area contributed by atoms with Crippen LogP contribution in [0.2, 0.25) is 10.0 Å². The minimum Gasteiger partial charge on any atom is -0.481 e. The molecule has 23 nitrogen and oxygen atoms in total. The molecule has 0 spiro atoms. The topological polar surface area (TPSA) is 305 Å². The molecule has 100 heavy (non-hydrogen) atoms. The van der Waals surface area contributed by atoms with Crippen LogP contribution in [0.4, 0.5) is 21.5 Å². The van der Waals surface area contributed by atoms with Crippen molar-refractivity contribution >= 4 is 113 Å². The average Bonchev–Trinajstić information content (AvgIpc) is 1.60. The Bertz CT molecular complexity index is 4360. The van der Waals surface area contributed by atoms with Crippen LogP contribution in [0.15, 0.2) is 144 Å². The number of rotatable bonds is 13. The molecule has 6 N–H and O–H groups in total. The fraction of sp³-hybridized carbons (Fsp3) is 0.444. The van der Waals surface area contributed by atoms with Gasteiger partial charge in [0.1, 0.15) is 11.2 Å². The first kappa shape index (κ1) is 79.3. The van der Waals surface area contributed by atoms with Gasteiger partial charge in [0.2, 0.25) is 17.8 Å². The number of para-hydroxylation sites is 2. The Morgan fingerprint density at radius 2 is 0.950 bits per heavy atom. The Balaban J connectivity index is 0.000000233. The zero-order valence-corrected chi connectivity index (χ0v) is 59.6. The van der Waals surface area contributed by atoms with Crippen molar-refractivity contribution in [2.75, 3.05) is 36.8 Å². The Morgan fingerprint density at radius 1 is 0.550 bits per heavy atom. The number of halogens is 3. The largest absolute Gasteiger partial charge is 0.481 e. The molecule has 4 fully saturated rings. The molecule has 2 saturated heterocycles. The number of nitrogens with zero attached hydrogens (tertiary/aromatic N) is 8. The second kappa shape index (κ2) is 34.1. The fourth-order valence-electron chi connectivity index (χ4n) is 12.6. The first-order valence-electron chi connectivity index (χ1n) is 32.8. The molecular weight excluding hydrogens is 1380 g/mol. The standard InChI is InChI=1S/C35H41ClN6O5S.C24H24ClN5O2S.C11H19NO4.2CH4.ClH/c1-35(2,3)47-34(44)41-18-10-11-23(21-41)32(43)38-24-12-9-13-25(19-24)39-33-37-20-29(36)31(40-33)28-22-42(30-17-8-7-16-27(28)30)48(45,46)26-14-5-4-6-15-26;25-21-14-27-24(28-17-8-6-7-16(26)13-17)29-23(21)20-15-30(22-12-5-4-11-19(20)22)33(31,32)18-9-2-1-3-10-18;1-11(2,3)16-10(15)12-6-4-5-8(7-12)9(13)14;;;/h4-8,14-17,20,22-25H,9-13,18-19,21H2,1-3H3,(H,38,43)(H,37,39,40);1-5,9-12,14-17H,6-8,13,26H2,(H,27,28,29);8H,4-7H2,1-3H3,(H,13,14);2*1H4;1H/t23-,24?,25-;16-,17+;8-;;;/m101.../s1. The molecule has 4 aromatic carbocycles. The quantitative estimate of drug-likeness (QED) is 0.0716. The molecule has 4 aliphatic rings. The lowest BCUT2D eigenvalue weighted by atomic mass is 9.90. The molecule has 1 unspecified atom stereocenters. The molecule has 28 heteroatoms. The van der Waals surface area contributed by atoms with Crippen LogP contribution in [-0.2, 0) is 39.1 Å². The number of aliphatic carboxylic acids is 1. The summed E-state index contributed by atoms with van der Waals surface area (Å²) in [5, 5.41) is 21.0. The zero-order chi connectivity index (χ0) is 69.4. The number of fused-ring (bicyclic) bond motifs is 2. The lowest BCUT2D eigenvalue weighted by molar-refractivity contribution is -0.143. The number of hydrogen-bond acceptors (Lipinski definition) is 17. The summed E-state index contributed by atoms with van der Waals surface area (Å²) in [6.45, 7) is 12.7. The van der Waals surface area contributed by atoms with Crippen LogP contribution in [-0.4, -0.2) is 145 Å². The van der Waals surface area contributed by atoms with E-state index in [9.17, 15) is 36.0 Å². The number of carbonyl (C=O) groups is 4. The molecule has 0 radical (unpaired) electrons. The van der Waals surface area contributed by atoms with E-state index in [-0.39, 0.29) is 85.7 Å². The van der Waals surface area contributed by atoms with Gasteiger partial charge in [0.05, 0.1) is 66.5 Å². The summed E-state index contributed by atoms with van der Waals surface area (Å²) >= 11 is 13.1. The highest BCUT2D eigenvalue weighted by Gasteiger charge is 2.35. The molecule has 3 amide bonds. The summed E-state index contributed by atoms with van der Waals surface area (Å²) in [4.78, 5) is 70.2. The molecule has 2 saturated carbocycles. The Labute approximate surface area is 602 Å². The van der Waals surface area contributed by atoms with E-state index in [1.165, 1.54) is 19.0 Å². The van der Waals surface area contributed by atoms with Gasteiger partial charge in [-0.05, 0) is 155 Å². The monoisotopic (exact) mass is 1470 g/mol. The summed E-state index contributed by atoms with van der Waals surface area (Å²) in [6.07, 6.45) is 15.5.